The summed E-state index contributed by atoms with van der Waals surface area (Å²) in [6, 6.07) is 10.1. The van der Waals surface area contributed by atoms with Gasteiger partial charge in [-0.2, -0.15) is 0 Å². The van der Waals surface area contributed by atoms with Crippen molar-refractivity contribution in [3.05, 3.63) is 47.8 Å². The zero-order valence-electron chi connectivity index (χ0n) is 9.39. The van der Waals surface area contributed by atoms with Crippen LogP contribution in [0.1, 0.15) is 11.3 Å². The predicted molar refractivity (Wildman–Crippen MR) is 64.8 cm³/mol. The van der Waals surface area contributed by atoms with E-state index >= 15 is 0 Å². The lowest BCUT2D eigenvalue weighted by Gasteiger charge is -2.05. The van der Waals surface area contributed by atoms with Crippen LogP contribution >= 0.6 is 0 Å². The van der Waals surface area contributed by atoms with E-state index < -0.39 is 0 Å². The minimum absolute atomic E-state index is 0.0259. The number of hydrogen-bond acceptors (Lipinski definition) is 3. The lowest BCUT2D eigenvalue weighted by molar-refractivity contribution is 0.277. The van der Waals surface area contributed by atoms with Crippen molar-refractivity contribution in [2.24, 2.45) is 0 Å². The lowest BCUT2D eigenvalue weighted by atomic mass is 10.0. The molecule has 3 rings (SSSR count). The van der Waals surface area contributed by atoms with Crippen molar-refractivity contribution in [3.8, 4) is 16.9 Å². The normalized spacial score (nSPS) is 13.2. The molecule has 0 spiro atoms. The van der Waals surface area contributed by atoms with Crippen LogP contribution in [-0.4, -0.2) is 16.7 Å². The molecule has 0 saturated carbocycles. The Labute approximate surface area is 99.7 Å². The Morgan fingerprint density at radius 2 is 2.06 bits per heavy atom. The van der Waals surface area contributed by atoms with E-state index in [1.165, 1.54) is 5.56 Å². The molecule has 0 fully saturated rings. The van der Waals surface area contributed by atoms with Crippen LogP contribution < -0.4 is 4.74 Å². The van der Waals surface area contributed by atoms with E-state index in [-0.39, 0.29) is 6.61 Å². The summed E-state index contributed by atoms with van der Waals surface area (Å²) in [4.78, 5) is 4.08. The van der Waals surface area contributed by atoms with Crippen LogP contribution in [-0.2, 0) is 13.0 Å². The monoisotopic (exact) mass is 227 g/mol. The van der Waals surface area contributed by atoms with Gasteiger partial charge in [0.2, 0.25) is 0 Å². The second kappa shape index (κ2) is 4.18. The molecule has 0 atom stereocenters. The minimum atomic E-state index is -0.0259. The smallest absolute Gasteiger partial charge is 0.122 e. The Balaban J connectivity index is 2.03. The van der Waals surface area contributed by atoms with E-state index in [9.17, 15) is 0 Å². The summed E-state index contributed by atoms with van der Waals surface area (Å²) >= 11 is 0. The molecule has 17 heavy (non-hydrogen) atoms. The van der Waals surface area contributed by atoms with Gasteiger partial charge >= 0.3 is 0 Å². The fraction of sp³-hybridized carbons (Fsp3) is 0.214. The zero-order chi connectivity index (χ0) is 11.7. The molecule has 0 unspecified atom stereocenters. The molecule has 1 aliphatic heterocycles. The van der Waals surface area contributed by atoms with Crippen molar-refractivity contribution in [1.82, 2.24) is 4.98 Å². The van der Waals surface area contributed by atoms with Crippen molar-refractivity contribution in [2.75, 3.05) is 6.61 Å². The van der Waals surface area contributed by atoms with Crippen molar-refractivity contribution < 1.29 is 9.84 Å². The number of aromatic nitrogens is 1. The predicted octanol–water partition coefficient (Wildman–Crippen LogP) is 2.18. The number of aliphatic hydroxyl groups is 1. The van der Waals surface area contributed by atoms with Gasteiger partial charge in [-0.05, 0) is 41.0 Å². The maximum Gasteiger partial charge on any atom is 0.122 e. The summed E-state index contributed by atoms with van der Waals surface area (Å²) in [6.07, 6.45) is 2.70. The number of ether oxygens (including phenoxy) is 1. The zero-order valence-corrected chi connectivity index (χ0v) is 9.39. The van der Waals surface area contributed by atoms with E-state index in [0.29, 0.717) is 5.69 Å². The Morgan fingerprint density at radius 3 is 2.94 bits per heavy atom. The first-order valence-electron chi connectivity index (χ1n) is 5.69. The van der Waals surface area contributed by atoms with Gasteiger partial charge in [-0.3, -0.25) is 4.98 Å². The molecule has 1 N–H and O–H groups in total. The molecule has 0 aliphatic carbocycles. The molecule has 3 nitrogen and oxygen atoms in total. The van der Waals surface area contributed by atoms with Crippen LogP contribution in [0.15, 0.2) is 36.5 Å². The van der Waals surface area contributed by atoms with E-state index in [2.05, 4.69) is 11.1 Å². The standard InChI is InChI=1S/C14H13NO2/c16-9-13-8-11(3-5-15-13)10-1-2-14-12(7-10)4-6-17-14/h1-3,5,7-8,16H,4,6,9H2. The second-order valence-corrected chi connectivity index (χ2v) is 4.11. The third-order valence-corrected chi connectivity index (χ3v) is 3.00. The summed E-state index contributed by atoms with van der Waals surface area (Å²) in [5.74, 6) is 0.991. The van der Waals surface area contributed by atoms with Gasteiger partial charge in [0.25, 0.3) is 0 Å². The fourth-order valence-corrected chi connectivity index (χ4v) is 2.11. The topological polar surface area (TPSA) is 42.4 Å². The third kappa shape index (κ3) is 1.89. The average molecular weight is 227 g/mol. The van der Waals surface area contributed by atoms with Crippen molar-refractivity contribution in [1.29, 1.82) is 0 Å². The van der Waals surface area contributed by atoms with Gasteiger partial charge in [0.15, 0.2) is 0 Å². The first-order valence-corrected chi connectivity index (χ1v) is 5.69. The van der Waals surface area contributed by atoms with Crippen LogP contribution in [0.3, 0.4) is 0 Å². The highest BCUT2D eigenvalue weighted by atomic mass is 16.5. The number of hydrogen-bond donors (Lipinski definition) is 1. The van der Waals surface area contributed by atoms with Gasteiger partial charge in [-0.1, -0.05) is 6.07 Å². The molecular formula is C14H13NO2. The largest absolute Gasteiger partial charge is 0.493 e. The highest BCUT2D eigenvalue weighted by molar-refractivity contribution is 5.66. The van der Waals surface area contributed by atoms with Gasteiger partial charge in [0, 0.05) is 12.6 Å². The molecular weight excluding hydrogens is 214 g/mol. The number of rotatable bonds is 2. The molecule has 3 heteroatoms. The highest BCUT2D eigenvalue weighted by Crippen LogP contribution is 2.30. The third-order valence-electron chi connectivity index (χ3n) is 3.00. The van der Waals surface area contributed by atoms with Crippen molar-refractivity contribution >= 4 is 0 Å². The number of aliphatic hydroxyl groups excluding tert-OH is 1. The van der Waals surface area contributed by atoms with Gasteiger partial charge in [0.1, 0.15) is 5.75 Å². The summed E-state index contributed by atoms with van der Waals surface area (Å²) in [5.41, 5.74) is 4.18. The Hall–Kier alpha value is -1.87. The van der Waals surface area contributed by atoms with Gasteiger partial charge in [-0.25, -0.2) is 0 Å². The summed E-state index contributed by atoms with van der Waals surface area (Å²) < 4.78 is 5.48. The summed E-state index contributed by atoms with van der Waals surface area (Å²) in [7, 11) is 0. The maximum absolute atomic E-state index is 9.08. The number of benzene rings is 1. The van der Waals surface area contributed by atoms with Crippen LogP contribution in [0.5, 0.6) is 5.75 Å². The maximum atomic E-state index is 9.08. The Bertz CT molecular complexity index is 552. The summed E-state index contributed by atoms with van der Waals surface area (Å²) in [5, 5.41) is 9.08. The number of fused-ring (bicyclic) bond motifs is 1. The van der Waals surface area contributed by atoms with Gasteiger partial charge in [0.05, 0.1) is 18.9 Å². The first-order chi connectivity index (χ1) is 8.36. The lowest BCUT2D eigenvalue weighted by Crippen LogP contribution is -1.89. The molecule has 86 valence electrons. The van der Waals surface area contributed by atoms with Crippen LogP contribution in [0.25, 0.3) is 11.1 Å². The number of pyridine rings is 1. The fourth-order valence-electron chi connectivity index (χ4n) is 2.11. The van der Waals surface area contributed by atoms with Crippen LogP contribution in [0, 0.1) is 0 Å². The molecule has 1 aromatic heterocycles. The SMILES string of the molecule is OCc1cc(-c2ccc3c(c2)CCO3)ccn1. The second-order valence-electron chi connectivity index (χ2n) is 4.11. The average Bonchev–Trinajstić information content (AvgIpc) is 2.86. The van der Waals surface area contributed by atoms with E-state index in [1.807, 2.05) is 24.3 Å². The van der Waals surface area contributed by atoms with E-state index in [1.54, 1.807) is 6.20 Å². The molecule has 0 radical (unpaired) electrons. The Kier molecular flexibility index (Phi) is 2.53. The van der Waals surface area contributed by atoms with Gasteiger partial charge < -0.3 is 9.84 Å². The Morgan fingerprint density at radius 1 is 1.18 bits per heavy atom. The van der Waals surface area contributed by atoms with Crippen molar-refractivity contribution in [2.45, 2.75) is 13.0 Å². The molecule has 2 aromatic rings. The molecule has 0 saturated heterocycles. The summed E-state index contributed by atoms with van der Waals surface area (Å²) in [6.45, 7) is 0.749. The molecule has 0 amide bonds. The molecule has 1 aromatic carbocycles. The van der Waals surface area contributed by atoms with Crippen LogP contribution in [0.4, 0.5) is 0 Å². The minimum Gasteiger partial charge on any atom is -0.493 e. The molecule has 0 bridgehead atoms. The first kappa shape index (κ1) is 10.3. The number of nitrogens with zero attached hydrogens (tertiary/aromatic N) is 1. The quantitative estimate of drug-likeness (QED) is 0.855. The molecule has 1 aliphatic rings. The molecule has 2 heterocycles. The highest BCUT2D eigenvalue weighted by Gasteiger charge is 2.12. The van der Waals surface area contributed by atoms with Gasteiger partial charge in [-0.15, -0.1) is 0 Å². The van der Waals surface area contributed by atoms with Crippen molar-refractivity contribution in [3.63, 3.8) is 0 Å². The van der Waals surface area contributed by atoms with E-state index in [4.69, 9.17) is 9.84 Å². The van der Waals surface area contributed by atoms with Crippen LogP contribution in [0.2, 0.25) is 0 Å². The van der Waals surface area contributed by atoms with E-state index in [0.717, 1.165) is 29.9 Å².